The smallest absolute Gasteiger partial charge is 0.416 e. The fourth-order valence-electron chi connectivity index (χ4n) is 4.97. The van der Waals surface area contributed by atoms with Gasteiger partial charge in [-0.05, 0) is 29.3 Å². The third kappa shape index (κ3) is 6.22. The summed E-state index contributed by atoms with van der Waals surface area (Å²) in [5, 5.41) is 2.59. The van der Waals surface area contributed by atoms with Gasteiger partial charge >= 0.3 is 12.1 Å². The van der Waals surface area contributed by atoms with E-state index in [0.29, 0.717) is 11.3 Å². The van der Waals surface area contributed by atoms with Crippen molar-refractivity contribution in [3.05, 3.63) is 102 Å². The number of para-hydroxylation sites is 1. The second kappa shape index (κ2) is 11.9. The van der Waals surface area contributed by atoms with Gasteiger partial charge < -0.3 is 24.6 Å². The molecular weight excluding hydrogens is 555 g/mol. The molecule has 1 N–H and O–H groups in total. The van der Waals surface area contributed by atoms with E-state index in [0.717, 1.165) is 17.0 Å². The molecule has 3 atom stereocenters. The number of carbonyl (C=O) groups excluding carboxylic acids is 4. The van der Waals surface area contributed by atoms with E-state index >= 15 is 0 Å². The second-order valence-corrected chi connectivity index (χ2v) is 9.85. The monoisotopic (exact) mass is 581 g/mol. The number of ether oxygens (including phenoxy) is 2. The number of esters is 1. The molecule has 0 aromatic heterocycles. The number of benzene rings is 3. The predicted octanol–water partition coefficient (Wildman–Crippen LogP) is 2.93. The van der Waals surface area contributed by atoms with Crippen molar-refractivity contribution < 1.29 is 41.8 Å². The second-order valence-electron chi connectivity index (χ2n) is 9.85. The summed E-state index contributed by atoms with van der Waals surface area (Å²) < 4.78 is 50.5. The zero-order valence-corrected chi connectivity index (χ0v) is 22.1. The summed E-state index contributed by atoms with van der Waals surface area (Å²) in [6.45, 7) is -0.601. The van der Waals surface area contributed by atoms with Crippen LogP contribution < -0.4 is 10.1 Å². The van der Waals surface area contributed by atoms with Crippen LogP contribution in [0.3, 0.4) is 0 Å². The summed E-state index contributed by atoms with van der Waals surface area (Å²) in [5.41, 5.74) is -0.136. The fourth-order valence-corrected chi connectivity index (χ4v) is 4.97. The maximum absolute atomic E-state index is 13.4. The summed E-state index contributed by atoms with van der Waals surface area (Å²) in [7, 11) is 0. The first-order chi connectivity index (χ1) is 20.1. The molecule has 12 heteroatoms. The van der Waals surface area contributed by atoms with Gasteiger partial charge in [0.25, 0.3) is 5.91 Å². The van der Waals surface area contributed by atoms with E-state index in [2.05, 4.69) is 5.32 Å². The van der Waals surface area contributed by atoms with Gasteiger partial charge in [0, 0.05) is 6.54 Å². The minimum atomic E-state index is -4.59. The largest absolute Gasteiger partial charge is 0.484 e. The first-order valence-corrected chi connectivity index (χ1v) is 13.1. The highest BCUT2D eigenvalue weighted by molar-refractivity contribution is 5.99. The summed E-state index contributed by atoms with van der Waals surface area (Å²) >= 11 is 0. The number of hydrogen-bond donors (Lipinski definition) is 1. The van der Waals surface area contributed by atoms with Crippen LogP contribution >= 0.6 is 0 Å². The molecule has 3 aromatic carbocycles. The Hall–Kier alpha value is -4.87. The van der Waals surface area contributed by atoms with E-state index in [-0.39, 0.29) is 25.3 Å². The van der Waals surface area contributed by atoms with E-state index < -0.39 is 60.1 Å². The van der Waals surface area contributed by atoms with Crippen LogP contribution in [0.5, 0.6) is 5.75 Å². The molecule has 2 unspecified atom stereocenters. The third-order valence-corrected chi connectivity index (χ3v) is 7.00. The fraction of sp³-hybridized carbons (Fsp3) is 0.267. The number of nitrogens with zero attached hydrogens (tertiary/aromatic N) is 2. The summed E-state index contributed by atoms with van der Waals surface area (Å²) in [6.07, 6.45) is -6.47. The van der Waals surface area contributed by atoms with Crippen LogP contribution in [0.1, 0.15) is 16.7 Å². The Morgan fingerprint density at radius 1 is 0.905 bits per heavy atom. The summed E-state index contributed by atoms with van der Waals surface area (Å²) in [4.78, 5) is 54.5. The molecule has 0 radical (unpaired) electrons. The molecule has 2 saturated heterocycles. The van der Waals surface area contributed by atoms with E-state index in [4.69, 9.17) is 9.47 Å². The molecule has 218 valence electrons. The molecule has 2 aliphatic rings. The molecule has 42 heavy (non-hydrogen) atoms. The molecule has 2 heterocycles. The van der Waals surface area contributed by atoms with Gasteiger partial charge in [0.15, 0.2) is 6.61 Å². The van der Waals surface area contributed by atoms with Crippen molar-refractivity contribution in [1.82, 2.24) is 15.1 Å². The zero-order valence-electron chi connectivity index (χ0n) is 22.1. The highest BCUT2D eigenvalue weighted by Crippen LogP contribution is 2.34. The van der Waals surface area contributed by atoms with Gasteiger partial charge in [-0.1, -0.05) is 66.7 Å². The van der Waals surface area contributed by atoms with E-state index in [1.807, 2.05) is 0 Å². The molecule has 3 amide bonds. The van der Waals surface area contributed by atoms with Gasteiger partial charge in [-0.15, -0.1) is 0 Å². The van der Waals surface area contributed by atoms with Crippen molar-refractivity contribution in [3.8, 4) is 5.75 Å². The van der Waals surface area contributed by atoms with Crippen LogP contribution in [0.15, 0.2) is 84.9 Å². The van der Waals surface area contributed by atoms with Gasteiger partial charge in [-0.25, -0.2) is 4.79 Å². The topological polar surface area (TPSA) is 105 Å². The van der Waals surface area contributed by atoms with Crippen LogP contribution in [0.4, 0.5) is 13.2 Å². The molecular formula is C30H26F3N3O6. The lowest BCUT2D eigenvalue weighted by Gasteiger charge is -2.43. The predicted molar refractivity (Wildman–Crippen MR) is 141 cm³/mol. The first kappa shape index (κ1) is 28.7. The average molecular weight is 582 g/mol. The van der Waals surface area contributed by atoms with E-state index in [1.54, 1.807) is 60.7 Å². The van der Waals surface area contributed by atoms with E-state index in [9.17, 15) is 32.3 Å². The normalized spacial score (nSPS) is 19.5. The SMILES string of the molecule is O=C(COc1ccccc1)N[C@@H]1C(=O)N2C1CN(C(=O)Cc1cccc(C(F)(F)F)c1)C2C(=O)OCc1ccccc1. The number of rotatable bonds is 9. The zero-order chi connectivity index (χ0) is 29.9. The van der Waals surface area contributed by atoms with Gasteiger partial charge in [-0.3, -0.25) is 14.4 Å². The van der Waals surface area contributed by atoms with Crippen LogP contribution in [0.2, 0.25) is 0 Å². The number of amides is 3. The molecule has 0 bridgehead atoms. The number of nitrogens with one attached hydrogen (secondary N) is 1. The van der Waals surface area contributed by atoms with Crippen molar-refractivity contribution in [2.75, 3.05) is 13.2 Å². The lowest BCUT2D eigenvalue weighted by atomic mass is 9.96. The molecule has 2 fully saturated rings. The minimum absolute atomic E-state index is 0.0923. The standard InChI is InChI=1S/C30H26F3N3O6/c31-30(32,33)21-11-7-10-20(14-21)15-25(38)35-16-23-26(34-24(37)18-41-22-12-5-2-6-13-22)28(39)36(23)27(35)29(40)42-17-19-8-3-1-4-9-19/h1-14,23,26-27H,15-18H2,(H,34,37)/t23?,26-,27?/m0/s1. The number of carbonyl (C=O) groups is 4. The van der Waals surface area contributed by atoms with Crippen molar-refractivity contribution in [2.45, 2.75) is 37.5 Å². The Morgan fingerprint density at radius 2 is 1.57 bits per heavy atom. The Labute approximate surface area is 238 Å². The molecule has 9 nitrogen and oxygen atoms in total. The van der Waals surface area contributed by atoms with Crippen molar-refractivity contribution in [3.63, 3.8) is 0 Å². The minimum Gasteiger partial charge on any atom is -0.484 e. The van der Waals surface area contributed by atoms with Gasteiger partial charge in [-0.2, -0.15) is 13.2 Å². The van der Waals surface area contributed by atoms with Crippen LogP contribution in [-0.4, -0.2) is 64.9 Å². The summed E-state index contributed by atoms with van der Waals surface area (Å²) in [6, 6.07) is 19.9. The Bertz CT molecular complexity index is 1470. The highest BCUT2D eigenvalue weighted by Gasteiger charge is 2.61. The first-order valence-electron chi connectivity index (χ1n) is 13.1. The molecule has 0 saturated carbocycles. The van der Waals surface area contributed by atoms with Crippen LogP contribution in [0.25, 0.3) is 0 Å². The lowest BCUT2D eigenvalue weighted by molar-refractivity contribution is -0.170. The number of halogens is 3. The third-order valence-electron chi connectivity index (χ3n) is 7.00. The number of fused-ring (bicyclic) bond motifs is 1. The quantitative estimate of drug-likeness (QED) is 0.308. The Morgan fingerprint density at radius 3 is 2.26 bits per heavy atom. The van der Waals surface area contributed by atoms with Crippen molar-refractivity contribution >= 4 is 23.7 Å². The Balaban J connectivity index is 1.30. The highest BCUT2D eigenvalue weighted by atomic mass is 19.4. The molecule has 2 aliphatic heterocycles. The molecule has 0 aliphatic carbocycles. The average Bonchev–Trinajstić information content (AvgIpc) is 3.35. The van der Waals surface area contributed by atoms with Crippen molar-refractivity contribution in [2.24, 2.45) is 0 Å². The summed E-state index contributed by atoms with van der Waals surface area (Å²) in [5.74, 6) is -2.25. The van der Waals surface area contributed by atoms with Gasteiger partial charge in [0.2, 0.25) is 18.0 Å². The van der Waals surface area contributed by atoms with Gasteiger partial charge in [0.1, 0.15) is 18.4 Å². The van der Waals surface area contributed by atoms with Gasteiger partial charge in [0.05, 0.1) is 18.0 Å². The lowest BCUT2D eigenvalue weighted by Crippen LogP contribution is -2.71. The Kier molecular flexibility index (Phi) is 8.14. The maximum Gasteiger partial charge on any atom is 0.416 e. The van der Waals surface area contributed by atoms with Crippen molar-refractivity contribution in [1.29, 1.82) is 0 Å². The van der Waals surface area contributed by atoms with Crippen LogP contribution in [0, 0.1) is 0 Å². The molecule has 3 aromatic rings. The van der Waals surface area contributed by atoms with E-state index in [1.165, 1.54) is 17.0 Å². The maximum atomic E-state index is 13.4. The van der Waals surface area contributed by atoms with Crippen LogP contribution in [-0.2, 0) is 43.1 Å². The molecule has 5 rings (SSSR count). The number of hydrogen-bond acceptors (Lipinski definition) is 6. The molecule has 0 spiro atoms. The number of alkyl halides is 3. The number of β-lactam (4-membered cyclic amide) rings is 1.